The normalized spacial score (nSPS) is 29.3. The Morgan fingerprint density at radius 2 is 1.95 bits per heavy atom. The first kappa shape index (κ1) is 16.8. The van der Waals surface area contributed by atoms with E-state index in [1.165, 1.54) is 25.7 Å². The van der Waals surface area contributed by atoms with Crippen LogP contribution in [0.15, 0.2) is 0 Å². The Labute approximate surface area is 129 Å². The molecule has 21 heavy (non-hydrogen) atoms. The number of hydrogen-bond donors (Lipinski definition) is 1. The van der Waals surface area contributed by atoms with Crippen LogP contribution in [0.1, 0.15) is 65.7 Å². The first-order valence-electron chi connectivity index (χ1n) is 8.73. The number of nitrogens with zero attached hydrogens (tertiary/aromatic N) is 1. The summed E-state index contributed by atoms with van der Waals surface area (Å²) >= 11 is 0. The summed E-state index contributed by atoms with van der Waals surface area (Å²) in [4.78, 5) is 15.0. The average molecular weight is 296 g/mol. The smallest absolute Gasteiger partial charge is 0.326 e. The van der Waals surface area contributed by atoms with E-state index in [4.69, 9.17) is 4.74 Å². The molecule has 0 spiro atoms. The zero-order chi connectivity index (χ0) is 15.5. The van der Waals surface area contributed by atoms with Crippen LogP contribution in [0.3, 0.4) is 0 Å². The summed E-state index contributed by atoms with van der Waals surface area (Å²) in [6, 6.07) is 1.64. The Bertz CT molecular complexity index is 353. The van der Waals surface area contributed by atoms with Gasteiger partial charge in [0.25, 0.3) is 0 Å². The zero-order valence-electron chi connectivity index (χ0n) is 14.2. The molecule has 0 radical (unpaired) electrons. The predicted molar refractivity (Wildman–Crippen MR) is 85.3 cm³/mol. The molecule has 2 saturated carbocycles. The lowest BCUT2D eigenvalue weighted by molar-refractivity contribution is -0.151. The molecule has 0 aliphatic heterocycles. The number of carbonyl (C=O) groups excluding carboxylic acids is 1. The quantitative estimate of drug-likeness (QED) is 0.699. The minimum atomic E-state index is -0.428. The van der Waals surface area contributed by atoms with Crippen LogP contribution in [0.25, 0.3) is 0 Å². The van der Waals surface area contributed by atoms with E-state index in [9.17, 15) is 4.79 Å². The second kappa shape index (κ2) is 7.10. The highest BCUT2D eigenvalue weighted by Crippen LogP contribution is 2.38. The molecule has 4 nitrogen and oxygen atoms in total. The van der Waals surface area contributed by atoms with Gasteiger partial charge < -0.3 is 9.64 Å². The SMILES string of the molecule is CCOC(=O)C1(NC2CC2)CCC(N(C)C(CC)CC)C1. The van der Waals surface area contributed by atoms with Crippen LogP contribution in [-0.2, 0) is 9.53 Å². The minimum Gasteiger partial charge on any atom is -0.465 e. The van der Waals surface area contributed by atoms with Gasteiger partial charge in [0.15, 0.2) is 0 Å². The molecule has 0 saturated heterocycles. The van der Waals surface area contributed by atoms with E-state index >= 15 is 0 Å². The molecule has 2 aliphatic carbocycles. The fourth-order valence-electron chi connectivity index (χ4n) is 3.79. The van der Waals surface area contributed by atoms with Crippen LogP contribution in [0.4, 0.5) is 0 Å². The average Bonchev–Trinajstić information content (AvgIpc) is 3.17. The first-order chi connectivity index (χ1) is 10.1. The van der Waals surface area contributed by atoms with Gasteiger partial charge in [0.1, 0.15) is 5.54 Å². The number of carbonyl (C=O) groups is 1. The summed E-state index contributed by atoms with van der Waals surface area (Å²) in [5.41, 5.74) is -0.428. The van der Waals surface area contributed by atoms with E-state index in [0.29, 0.717) is 24.7 Å². The molecule has 2 atom stereocenters. The van der Waals surface area contributed by atoms with Crippen molar-refractivity contribution >= 4 is 5.97 Å². The highest BCUT2D eigenvalue weighted by Gasteiger charge is 2.50. The molecular formula is C17H32N2O2. The van der Waals surface area contributed by atoms with Crippen molar-refractivity contribution in [2.45, 2.75) is 89.4 Å². The van der Waals surface area contributed by atoms with Crippen molar-refractivity contribution in [1.29, 1.82) is 0 Å². The van der Waals surface area contributed by atoms with Crippen LogP contribution in [-0.4, -0.2) is 48.2 Å². The van der Waals surface area contributed by atoms with E-state index in [1.54, 1.807) is 0 Å². The molecule has 2 rings (SSSR count). The van der Waals surface area contributed by atoms with Gasteiger partial charge in [0.2, 0.25) is 0 Å². The second-order valence-corrected chi connectivity index (χ2v) is 6.75. The third-order valence-electron chi connectivity index (χ3n) is 5.31. The summed E-state index contributed by atoms with van der Waals surface area (Å²) in [6.07, 6.45) is 7.65. The summed E-state index contributed by atoms with van der Waals surface area (Å²) in [7, 11) is 2.22. The van der Waals surface area contributed by atoms with Crippen molar-refractivity contribution in [3.63, 3.8) is 0 Å². The van der Waals surface area contributed by atoms with Gasteiger partial charge in [-0.2, -0.15) is 0 Å². The second-order valence-electron chi connectivity index (χ2n) is 6.75. The topological polar surface area (TPSA) is 41.6 Å². The molecule has 0 bridgehead atoms. The largest absolute Gasteiger partial charge is 0.465 e. The molecule has 0 aromatic carbocycles. The van der Waals surface area contributed by atoms with Crippen LogP contribution < -0.4 is 5.32 Å². The molecule has 0 heterocycles. The number of hydrogen-bond acceptors (Lipinski definition) is 4. The van der Waals surface area contributed by atoms with Crippen LogP contribution >= 0.6 is 0 Å². The molecule has 1 N–H and O–H groups in total. The van der Waals surface area contributed by atoms with Crippen molar-refractivity contribution < 1.29 is 9.53 Å². The van der Waals surface area contributed by atoms with Crippen LogP contribution in [0.5, 0.6) is 0 Å². The van der Waals surface area contributed by atoms with E-state index in [0.717, 1.165) is 19.3 Å². The van der Waals surface area contributed by atoms with E-state index in [1.807, 2.05) is 6.92 Å². The number of rotatable bonds is 8. The van der Waals surface area contributed by atoms with Gasteiger partial charge >= 0.3 is 5.97 Å². The van der Waals surface area contributed by atoms with Gasteiger partial charge in [-0.05, 0) is 58.9 Å². The van der Waals surface area contributed by atoms with Gasteiger partial charge in [0, 0.05) is 18.1 Å². The van der Waals surface area contributed by atoms with Gasteiger partial charge in [-0.25, -0.2) is 0 Å². The van der Waals surface area contributed by atoms with Gasteiger partial charge in [-0.3, -0.25) is 10.1 Å². The molecule has 0 aromatic heterocycles. The van der Waals surface area contributed by atoms with Crippen LogP contribution in [0.2, 0.25) is 0 Å². The molecule has 2 unspecified atom stereocenters. The summed E-state index contributed by atoms with van der Waals surface area (Å²) < 4.78 is 5.38. The van der Waals surface area contributed by atoms with Crippen molar-refractivity contribution in [3.8, 4) is 0 Å². The standard InChI is InChI=1S/C17H32N2O2/c1-5-14(6-2)19(4)15-10-11-17(12-15,16(20)21-7-3)18-13-8-9-13/h13-15,18H,5-12H2,1-4H3. The monoisotopic (exact) mass is 296 g/mol. The van der Waals surface area contributed by atoms with Gasteiger partial charge in [-0.15, -0.1) is 0 Å². The molecule has 2 aliphatic rings. The Balaban J connectivity index is 2.04. The number of nitrogens with one attached hydrogen (secondary N) is 1. The molecule has 4 heteroatoms. The Morgan fingerprint density at radius 3 is 2.48 bits per heavy atom. The van der Waals surface area contributed by atoms with E-state index in [-0.39, 0.29) is 5.97 Å². The first-order valence-corrected chi connectivity index (χ1v) is 8.73. The number of esters is 1. The van der Waals surface area contributed by atoms with Crippen LogP contribution in [0, 0.1) is 0 Å². The molecular weight excluding hydrogens is 264 g/mol. The Hall–Kier alpha value is -0.610. The Kier molecular flexibility index (Phi) is 5.67. The summed E-state index contributed by atoms with van der Waals surface area (Å²) in [6.45, 7) is 6.87. The van der Waals surface area contributed by atoms with E-state index in [2.05, 4.69) is 31.1 Å². The van der Waals surface area contributed by atoms with Gasteiger partial charge in [0.05, 0.1) is 6.61 Å². The van der Waals surface area contributed by atoms with Crippen molar-refractivity contribution in [3.05, 3.63) is 0 Å². The molecule has 0 aromatic rings. The zero-order valence-corrected chi connectivity index (χ0v) is 14.2. The molecule has 0 amide bonds. The van der Waals surface area contributed by atoms with Crippen molar-refractivity contribution in [1.82, 2.24) is 10.2 Å². The maximum absolute atomic E-state index is 12.5. The fraction of sp³-hybridized carbons (Fsp3) is 0.941. The van der Waals surface area contributed by atoms with E-state index < -0.39 is 5.54 Å². The third-order valence-corrected chi connectivity index (χ3v) is 5.31. The lowest BCUT2D eigenvalue weighted by Crippen LogP contribution is -2.53. The van der Waals surface area contributed by atoms with Crippen molar-refractivity contribution in [2.75, 3.05) is 13.7 Å². The maximum atomic E-state index is 12.5. The third kappa shape index (κ3) is 3.78. The highest BCUT2D eigenvalue weighted by molar-refractivity contribution is 5.81. The predicted octanol–water partition coefficient (Wildman–Crippen LogP) is 2.71. The fourth-order valence-corrected chi connectivity index (χ4v) is 3.79. The summed E-state index contributed by atoms with van der Waals surface area (Å²) in [5, 5.41) is 3.61. The highest BCUT2D eigenvalue weighted by atomic mass is 16.5. The molecule has 122 valence electrons. The Morgan fingerprint density at radius 1 is 1.29 bits per heavy atom. The van der Waals surface area contributed by atoms with Crippen molar-refractivity contribution in [2.24, 2.45) is 0 Å². The number of ether oxygens (including phenoxy) is 1. The maximum Gasteiger partial charge on any atom is 0.326 e. The minimum absolute atomic E-state index is 0.0302. The molecule has 2 fully saturated rings. The lowest BCUT2D eigenvalue weighted by Gasteiger charge is -2.34. The summed E-state index contributed by atoms with van der Waals surface area (Å²) in [5.74, 6) is -0.0302. The lowest BCUT2D eigenvalue weighted by atomic mass is 9.96. The van der Waals surface area contributed by atoms with Gasteiger partial charge in [-0.1, -0.05) is 13.8 Å².